The number of hydrogen-bond donors (Lipinski definition) is 1. The smallest absolute Gasteiger partial charge is 0.134 e. The average Bonchev–Trinajstić information content (AvgIpc) is 2.01. The molecular formula is C9H16N4. The second-order valence-corrected chi connectivity index (χ2v) is 3.40. The number of rotatable bonds is 2. The second-order valence-electron chi connectivity index (χ2n) is 3.40. The van der Waals surface area contributed by atoms with E-state index in [-0.39, 0.29) is 0 Å². The molecule has 1 rings (SSSR count). The Morgan fingerprint density at radius 3 is 2.46 bits per heavy atom. The van der Waals surface area contributed by atoms with Gasteiger partial charge >= 0.3 is 0 Å². The molecule has 0 saturated carbocycles. The van der Waals surface area contributed by atoms with Gasteiger partial charge in [0.15, 0.2) is 0 Å². The molecule has 13 heavy (non-hydrogen) atoms. The molecular weight excluding hydrogens is 164 g/mol. The van der Waals surface area contributed by atoms with Crippen molar-refractivity contribution in [3.63, 3.8) is 0 Å². The summed E-state index contributed by atoms with van der Waals surface area (Å²) in [6.07, 6.45) is 0. The zero-order chi connectivity index (χ0) is 10.0. The molecule has 0 aliphatic heterocycles. The number of aromatic nitrogens is 2. The number of nitrogen functional groups attached to an aromatic ring is 1. The first-order valence-electron chi connectivity index (χ1n) is 4.34. The van der Waals surface area contributed by atoms with E-state index < -0.39 is 0 Å². The zero-order valence-corrected chi connectivity index (χ0v) is 8.57. The van der Waals surface area contributed by atoms with E-state index in [1.54, 1.807) is 6.07 Å². The molecule has 0 spiro atoms. The summed E-state index contributed by atoms with van der Waals surface area (Å²) < 4.78 is 0. The summed E-state index contributed by atoms with van der Waals surface area (Å²) in [6, 6.07) is 2.20. The Bertz CT molecular complexity index is 275. The monoisotopic (exact) mass is 180 g/mol. The van der Waals surface area contributed by atoms with Gasteiger partial charge in [0.1, 0.15) is 17.5 Å². The van der Waals surface area contributed by atoms with Crippen LogP contribution in [0.1, 0.15) is 19.7 Å². The standard InChI is InChI=1S/C9H16N4/c1-6(2)13(4)9-5-8(10)11-7(3)12-9/h5-6H,1-4H3,(H2,10,11,12). The van der Waals surface area contributed by atoms with Gasteiger partial charge in [0.2, 0.25) is 0 Å². The SMILES string of the molecule is Cc1nc(N)cc(N(C)C(C)C)n1. The van der Waals surface area contributed by atoms with E-state index >= 15 is 0 Å². The lowest BCUT2D eigenvalue weighted by Gasteiger charge is -2.22. The molecule has 4 nitrogen and oxygen atoms in total. The van der Waals surface area contributed by atoms with E-state index in [1.807, 2.05) is 14.0 Å². The maximum absolute atomic E-state index is 5.62. The van der Waals surface area contributed by atoms with Crippen LogP contribution in [-0.2, 0) is 0 Å². The van der Waals surface area contributed by atoms with Crippen LogP contribution in [0.4, 0.5) is 11.6 Å². The highest BCUT2D eigenvalue weighted by Crippen LogP contribution is 2.14. The third kappa shape index (κ3) is 2.31. The minimum absolute atomic E-state index is 0.411. The summed E-state index contributed by atoms with van der Waals surface area (Å²) in [5, 5.41) is 0. The summed E-state index contributed by atoms with van der Waals surface area (Å²) in [5.41, 5.74) is 5.62. The molecule has 4 heteroatoms. The van der Waals surface area contributed by atoms with Crippen LogP contribution in [0, 0.1) is 6.92 Å². The predicted octanol–water partition coefficient (Wildman–Crippen LogP) is 1.21. The molecule has 1 heterocycles. The normalized spacial score (nSPS) is 10.5. The molecule has 0 unspecified atom stereocenters. The van der Waals surface area contributed by atoms with Gasteiger partial charge in [0.05, 0.1) is 0 Å². The lowest BCUT2D eigenvalue weighted by Crippen LogP contribution is -2.27. The second kappa shape index (κ2) is 3.60. The van der Waals surface area contributed by atoms with Gasteiger partial charge in [-0.15, -0.1) is 0 Å². The maximum atomic E-state index is 5.62. The topological polar surface area (TPSA) is 55.0 Å². The number of nitrogens with two attached hydrogens (primary N) is 1. The maximum Gasteiger partial charge on any atom is 0.134 e. The van der Waals surface area contributed by atoms with Gasteiger partial charge < -0.3 is 10.6 Å². The van der Waals surface area contributed by atoms with Gasteiger partial charge in [-0.3, -0.25) is 0 Å². The molecule has 72 valence electrons. The number of aryl methyl sites for hydroxylation is 1. The van der Waals surface area contributed by atoms with Crippen LogP contribution in [0.3, 0.4) is 0 Å². The Morgan fingerprint density at radius 1 is 1.38 bits per heavy atom. The molecule has 0 aliphatic carbocycles. The highest BCUT2D eigenvalue weighted by molar-refractivity contribution is 5.46. The molecule has 0 fully saturated rings. The fraction of sp³-hybridized carbons (Fsp3) is 0.556. The third-order valence-corrected chi connectivity index (χ3v) is 1.98. The molecule has 0 radical (unpaired) electrons. The van der Waals surface area contributed by atoms with Gasteiger partial charge in [-0.1, -0.05) is 0 Å². The van der Waals surface area contributed by atoms with Gasteiger partial charge in [-0.05, 0) is 20.8 Å². The molecule has 0 aromatic carbocycles. The van der Waals surface area contributed by atoms with Crippen molar-refractivity contribution in [2.75, 3.05) is 17.7 Å². The van der Waals surface area contributed by atoms with Crippen molar-refractivity contribution in [2.45, 2.75) is 26.8 Å². The summed E-state index contributed by atoms with van der Waals surface area (Å²) >= 11 is 0. The zero-order valence-electron chi connectivity index (χ0n) is 8.57. The Hall–Kier alpha value is -1.32. The van der Waals surface area contributed by atoms with E-state index in [0.29, 0.717) is 17.7 Å². The summed E-state index contributed by atoms with van der Waals surface area (Å²) in [5.74, 6) is 2.11. The van der Waals surface area contributed by atoms with Crippen LogP contribution in [0.2, 0.25) is 0 Å². The van der Waals surface area contributed by atoms with E-state index in [9.17, 15) is 0 Å². The Morgan fingerprint density at radius 2 is 2.00 bits per heavy atom. The molecule has 0 aliphatic rings. The Kier molecular flexibility index (Phi) is 2.70. The quantitative estimate of drug-likeness (QED) is 0.743. The van der Waals surface area contributed by atoms with Crippen LogP contribution < -0.4 is 10.6 Å². The molecule has 0 amide bonds. The lowest BCUT2D eigenvalue weighted by molar-refractivity contribution is 0.739. The number of anilines is 2. The Labute approximate surface area is 78.8 Å². The first kappa shape index (κ1) is 9.77. The van der Waals surface area contributed by atoms with Gasteiger partial charge in [0.25, 0.3) is 0 Å². The van der Waals surface area contributed by atoms with Crippen molar-refractivity contribution in [1.82, 2.24) is 9.97 Å². The first-order chi connectivity index (χ1) is 6.00. The largest absolute Gasteiger partial charge is 0.384 e. The van der Waals surface area contributed by atoms with Gasteiger partial charge in [0, 0.05) is 19.2 Å². The molecule has 2 N–H and O–H groups in total. The van der Waals surface area contributed by atoms with E-state index in [1.165, 1.54) is 0 Å². The van der Waals surface area contributed by atoms with Crippen molar-refractivity contribution in [1.29, 1.82) is 0 Å². The first-order valence-corrected chi connectivity index (χ1v) is 4.34. The molecule has 1 aromatic rings. The van der Waals surface area contributed by atoms with Crippen LogP contribution in [0.15, 0.2) is 6.07 Å². The van der Waals surface area contributed by atoms with Gasteiger partial charge in [-0.25, -0.2) is 9.97 Å². The van der Waals surface area contributed by atoms with Crippen molar-refractivity contribution in [2.24, 2.45) is 0 Å². The minimum atomic E-state index is 0.411. The molecule has 0 atom stereocenters. The fourth-order valence-electron chi connectivity index (χ4n) is 1.02. The third-order valence-electron chi connectivity index (χ3n) is 1.98. The molecule has 1 aromatic heterocycles. The predicted molar refractivity (Wildman–Crippen MR) is 54.7 cm³/mol. The Balaban J connectivity index is 3.01. The highest BCUT2D eigenvalue weighted by atomic mass is 15.2. The number of nitrogens with zero attached hydrogens (tertiary/aromatic N) is 3. The van der Waals surface area contributed by atoms with Crippen molar-refractivity contribution < 1.29 is 0 Å². The summed E-state index contributed by atoms with van der Waals surface area (Å²) in [6.45, 7) is 6.05. The molecule has 0 bridgehead atoms. The highest BCUT2D eigenvalue weighted by Gasteiger charge is 2.07. The van der Waals surface area contributed by atoms with Crippen LogP contribution >= 0.6 is 0 Å². The van der Waals surface area contributed by atoms with Crippen LogP contribution in [0.5, 0.6) is 0 Å². The van der Waals surface area contributed by atoms with E-state index in [4.69, 9.17) is 5.73 Å². The summed E-state index contributed by atoms with van der Waals surface area (Å²) in [7, 11) is 1.99. The van der Waals surface area contributed by atoms with E-state index in [0.717, 1.165) is 5.82 Å². The van der Waals surface area contributed by atoms with E-state index in [2.05, 4.69) is 28.7 Å². The van der Waals surface area contributed by atoms with Crippen LogP contribution in [-0.4, -0.2) is 23.1 Å². The van der Waals surface area contributed by atoms with Gasteiger partial charge in [-0.2, -0.15) is 0 Å². The number of hydrogen-bond acceptors (Lipinski definition) is 4. The molecule has 0 saturated heterocycles. The summed E-state index contributed by atoms with van der Waals surface area (Å²) in [4.78, 5) is 10.4. The van der Waals surface area contributed by atoms with Crippen molar-refractivity contribution in [3.8, 4) is 0 Å². The van der Waals surface area contributed by atoms with Crippen molar-refractivity contribution in [3.05, 3.63) is 11.9 Å². The minimum Gasteiger partial charge on any atom is -0.384 e. The van der Waals surface area contributed by atoms with Crippen molar-refractivity contribution >= 4 is 11.6 Å². The lowest BCUT2D eigenvalue weighted by atomic mass is 10.3. The fourth-order valence-corrected chi connectivity index (χ4v) is 1.02. The van der Waals surface area contributed by atoms with Crippen LogP contribution in [0.25, 0.3) is 0 Å². The average molecular weight is 180 g/mol.